The topological polar surface area (TPSA) is 33.0 Å². The average molecular weight is 249 g/mol. The van der Waals surface area contributed by atoms with Gasteiger partial charge >= 0.3 is 0 Å². The zero-order valence-electron chi connectivity index (χ0n) is 10.8. The van der Waals surface area contributed by atoms with Crippen LogP contribution < -0.4 is 4.74 Å². The largest absolute Gasteiger partial charge is 0.457 e. The second-order valence-electron chi connectivity index (χ2n) is 4.12. The van der Waals surface area contributed by atoms with Crippen LogP contribution in [0, 0.1) is 11.3 Å². The Morgan fingerprint density at radius 3 is 2.26 bits per heavy atom. The molecule has 19 heavy (non-hydrogen) atoms. The summed E-state index contributed by atoms with van der Waals surface area (Å²) in [5, 5.41) is 8.89. The molecule has 0 amide bonds. The van der Waals surface area contributed by atoms with Crippen molar-refractivity contribution < 1.29 is 4.74 Å². The van der Waals surface area contributed by atoms with Crippen LogP contribution in [0.3, 0.4) is 0 Å². The van der Waals surface area contributed by atoms with Crippen LogP contribution in [0.15, 0.2) is 60.2 Å². The number of benzene rings is 2. The van der Waals surface area contributed by atoms with Crippen LogP contribution in [-0.2, 0) is 0 Å². The quantitative estimate of drug-likeness (QED) is 0.729. The minimum Gasteiger partial charge on any atom is -0.457 e. The molecule has 2 rings (SSSR count). The fraction of sp³-hybridized carbons (Fsp3) is 0.118. The normalized spacial score (nSPS) is 10.8. The molecule has 2 aromatic carbocycles. The molecule has 94 valence electrons. The van der Waals surface area contributed by atoms with Crippen molar-refractivity contribution in [2.45, 2.75) is 13.3 Å². The maximum atomic E-state index is 8.89. The van der Waals surface area contributed by atoms with E-state index in [9.17, 15) is 0 Å². The number of nitriles is 1. The van der Waals surface area contributed by atoms with Crippen molar-refractivity contribution in [3.05, 3.63) is 65.7 Å². The average Bonchev–Trinajstić information content (AvgIpc) is 2.47. The van der Waals surface area contributed by atoms with Crippen molar-refractivity contribution in [3.8, 4) is 17.6 Å². The van der Waals surface area contributed by atoms with Crippen LogP contribution in [-0.4, -0.2) is 0 Å². The van der Waals surface area contributed by atoms with Gasteiger partial charge in [-0.3, -0.25) is 0 Å². The van der Waals surface area contributed by atoms with E-state index in [0.29, 0.717) is 0 Å². The molecule has 0 heterocycles. The number of rotatable bonds is 4. The van der Waals surface area contributed by atoms with Crippen LogP contribution >= 0.6 is 0 Å². The Bertz CT molecular complexity index is 591. The second kappa shape index (κ2) is 6.42. The Labute approximate surface area is 113 Å². The molecule has 0 saturated carbocycles. The van der Waals surface area contributed by atoms with Crippen molar-refractivity contribution in [1.82, 2.24) is 0 Å². The minimum atomic E-state index is 0.749. The molecule has 2 heteroatoms. The van der Waals surface area contributed by atoms with Gasteiger partial charge in [-0.15, -0.1) is 0 Å². The summed E-state index contributed by atoms with van der Waals surface area (Å²) in [6, 6.07) is 19.6. The van der Waals surface area contributed by atoms with E-state index in [1.54, 1.807) is 0 Å². The number of ether oxygens (including phenoxy) is 1. The summed E-state index contributed by atoms with van der Waals surface area (Å²) < 4.78 is 5.71. The van der Waals surface area contributed by atoms with E-state index in [1.165, 1.54) is 0 Å². The van der Waals surface area contributed by atoms with E-state index < -0.39 is 0 Å². The lowest BCUT2D eigenvalue weighted by Crippen LogP contribution is -1.84. The first-order valence-electron chi connectivity index (χ1n) is 6.25. The van der Waals surface area contributed by atoms with Gasteiger partial charge in [0.2, 0.25) is 0 Å². The Hall–Kier alpha value is -2.53. The predicted molar refractivity (Wildman–Crippen MR) is 76.8 cm³/mol. The van der Waals surface area contributed by atoms with Crippen molar-refractivity contribution in [2.24, 2.45) is 0 Å². The fourth-order valence-corrected chi connectivity index (χ4v) is 1.67. The monoisotopic (exact) mass is 249 g/mol. The third-order valence-corrected chi connectivity index (χ3v) is 2.72. The lowest BCUT2D eigenvalue weighted by molar-refractivity contribution is 0.482. The highest BCUT2D eigenvalue weighted by Gasteiger charge is 1.97. The highest BCUT2D eigenvalue weighted by molar-refractivity contribution is 5.57. The lowest BCUT2D eigenvalue weighted by atomic mass is 10.1. The fourth-order valence-electron chi connectivity index (χ4n) is 1.67. The Kier molecular flexibility index (Phi) is 4.36. The molecule has 0 saturated heterocycles. The predicted octanol–water partition coefficient (Wildman–Crippen LogP) is 4.80. The molecule has 0 fully saturated rings. The van der Waals surface area contributed by atoms with Gasteiger partial charge in [0.25, 0.3) is 0 Å². The molecular weight excluding hydrogens is 234 g/mol. The summed E-state index contributed by atoms with van der Waals surface area (Å²) in [6.45, 7) is 1.97. The highest BCUT2D eigenvalue weighted by atomic mass is 16.5. The molecule has 0 aliphatic rings. The van der Waals surface area contributed by atoms with E-state index in [4.69, 9.17) is 10.00 Å². The molecular formula is C17H15NO. The summed E-state index contributed by atoms with van der Waals surface area (Å²) in [4.78, 5) is 0. The molecule has 0 N–H and O–H groups in total. The molecule has 2 nitrogen and oxygen atoms in total. The number of hydrogen-bond acceptors (Lipinski definition) is 2. The second-order valence-corrected chi connectivity index (χ2v) is 4.12. The Balaban J connectivity index is 2.11. The first-order chi connectivity index (χ1) is 9.31. The number of hydrogen-bond donors (Lipinski definition) is 0. The van der Waals surface area contributed by atoms with Gasteiger partial charge < -0.3 is 4.74 Å². The van der Waals surface area contributed by atoms with Crippen molar-refractivity contribution in [3.63, 3.8) is 0 Å². The first kappa shape index (κ1) is 12.9. The van der Waals surface area contributed by atoms with E-state index in [0.717, 1.165) is 29.1 Å². The summed E-state index contributed by atoms with van der Waals surface area (Å²) in [5.74, 6) is 1.61. The van der Waals surface area contributed by atoms with Crippen LogP contribution in [0.5, 0.6) is 11.5 Å². The van der Waals surface area contributed by atoms with Crippen LogP contribution in [0.2, 0.25) is 0 Å². The lowest BCUT2D eigenvalue weighted by Gasteiger charge is -2.05. The van der Waals surface area contributed by atoms with E-state index in [-0.39, 0.29) is 0 Å². The summed E-state index contributed by atoms with van der Waals surface area (Å²) in [7, 11) is 0. The van der Waals surface area contributed by atoms with Crippen LogP contribution in [0.25, 0.3) is 6.08 Å². The SMILES string of the molecule is CCC(C#N)=Cc1ccc(Oc2ccccc2)cc1. The van der Waals surface area contributed by atoms with E-state index in [1.807, 2.05) is 67.6 Å². The number of allylic oxidation sites excluding steroid dienone is 1. The van der Waals surface area contributed by atoms with Gasteiger partial charge in [0.15, 0.2) is 0 Å². The van der Waals surface area contributed by atoms with Crippen LogP contribution in [0.1, 0.15) is 18.9 Å². The first-order valence-corrected chi connectivity index (χ1v) is 6.25. The van der Waals surface area contributed by atoms with Crippen molar-refractivity contribution in [2.75, 3.05) is 0 Å². The maximum Gasteiger partial charge on any atom is 0.127 e. The zero-order chi connectivity index (χ0) is 13.5. The third kappa shape index (κ3) is 3.72. The molecule has 2 aromatic rings. The smallest absolute Gasteiger partial charge is 0.127 e. The Morgan fingerprint density at radius 1 is 1.05 bits per heavy atom. The van der Waals surface area contributed by atoms with Crippen LogP contribution in [0.4, 0.5) is 0 Å². The molecule has 0 atom stereocenters. The van der Waals surface area contributed by atoms with Gasteiger partial charge in [-0.05, 0) is 42.3 Å². The molecule has 0 spiro atoms. The van der Waals surface area contributed by atoms with E-state index in [2.05, 4.69) is 6.07 Å². The van der Waals surface area contributed by atoms with Gasteiger partial charge in [-0.1, -0.05) is 37.3 Å². The van der Waals surface area contributed by atoms with Gasteiger partial charge in [-0.2, -0.15) is 5.26 Å². The molecule has 0 radical (unpaired) electrons. The number of para-hydroxylation sites is 1. The third-order valence-electron chi connectivity index (χ3n) is 2.72. The maximum absolute atomic E-state index is 8.89. The van der Waals surface area contributed by atoms with Gasteiger partial charge in [0, 0.05) is 5.57 Å². The van der Waals surface area contributed by atoms with Gasteiger partial charge in [0.1, 0.15) is 11.5 Å². The standard InChI is InChI=1S/C17H15NO/c1-2-14(13-18)12-15-8-10-17(11-9-15)19-16-6-4-3-5-7-16/h3-12H,2H2,1H3. The number of nitrogens with zero attached hydrogens (tertiary/aromatic N) is 1. The summed E-state index contributed by atoms with van der Waals surface area (Å²) in [6.07, 6.45) is 2.64. The Morgan fingerprint density at radius 2 is 1.68 bits per heavy atom. The minimum absolute atomic E-state index is 0.749. The highest BCUT2D eigenvalue weighted by Crippen LogP contribution is 2.21. The molecule has 0 aliphatic carbocycles. The zero-order valence-corrected chi connectivity index (χ0v) is 10.8. The molecule has 0 aliphatic heterocycles. The summed E-state index contributed by atoms with van der Waals surface area (Å²) in [5.41, 5.74) is 1.79. The molecule has 0 aromatic heterocycles. The van der Waals surface area contributed by atoms with E-state index >= 15 is 0 Å². The summed E-state index contributed by atoms with van der Waals surface area (Å²) >= 11 is 0. The van der Waals surface area contributed by atoms with Crippen molar-refractivity contribution in [1.29, 1.82) is 5.26 Å². The van der Waals surface area contributed by atoms with Gasteiger partial charge in [0.05, 0.1) is 6.07 Å². The van der Waals surface area contributed by atoms with Crippen molar-refractivity contribution >= 4 is 6.08 Å². The molecule has 0 bridgehead atoms. The van der Waals surface area contributed by atoms with Gasteiger partial charge in [-0.25, -0.2) is 0 Å². The molecule has 0 unspecified atom stereocenters.